The number of hydrogen-bond acceptors (Lipinski definition) is 2. The van der Waals surface area contributed by atoms with Gasteiger partial charge in [-0.2, -0.15) is 0 Å². The molecule has 0 aliphatic rings. The van der Waals surface area contributed by atoms with E-state index in [0.717, 1.165) is 19.3 Å². The molecule has 0 spiro atoms. The Bertz CT molecular complexity index is 189. The van der Waals surface area contributed by atoms with Gasteiger partial charge in [-0.15, -0.1) is 9.79 Å². The minimum absolute atomic E-state index is 0.372. The van der Waals surface area contributed by atoms with Gasteiger partial charge >= 0.3 is 8.25 Å². The van der Waals surface area contributed by atoms with Crippen molar-refractivity contribution in [2.24, 2.45) is 5.73 Å². The molecule has 0 saturated heterocycles. The molecule has 5 nitrogen and oxygen atoms in total. The number of carbonyl (C=O) groups excluding carboxylic acids is 1. The van der Waals surface area contributed by atoms with Crippen LogP contribution in [0.3, 0.4) is 0 Å². The van der Waals surface area contributed by atoms with Gasteiger partial charge in [0.05, 0.1) is 0 Å². The third-order valence-corrected chi connectivity index (χ3v) is 1.18. The van der Waals surface area contributed by atoms with E-state index in [9.17, 15) is 4.79 Å². The summed E-state index contributed by atoms with van der Waals surface area (Å²) in [7, 11) is -2.87. The quantitative estimate of drug-likeness (QED) is 0.470. The molecule has 0 unspecified atom stereocenters. The van der Waals surface area contributed by atoms with Crippen LogP contribution in [-0.4, -0.2) is 15.7 Å². The number of hydrogen-bond donors (Lipinski definition) is 3. The summed E-state index contributed by atoms with van der Waals surface area (Å²) in [6.45, 7) is 5.58. The SMILES string of the molecule is C=C(CCCC)C(N)=O.O=[P+](O)O. The summed E-state index contributed by atoms with van der Waals surface area (Å²) in [5, 5.41) is 0. The molecular weight excluding hydrogens is 193 g/mol. The Kier molecular flexibility index (Phi) is 10.6. The van der Waals surface area contributed by atoms with Crippen LogP contribution < -0.4 is 5.73 Å². The standard InChI is InChI=1S/C7H13NO.HO3P/c1-3-4-5-6(2)7(8)9;1-4(2)3/h2-5H2,1H3,(H2,8,9);(H-,1,2,3)/p+1. The van der Waals surface area contributed by atoms with Crippen LogP contribution in [0, 0.1) is 0 Å². The summed E-state index contributed by atoms with van der Waals surface area (Å²) in [6, 6.07) is 0. The van der Waals surface area contributed by atoms with Crippen molar-refractivity contribution in [3.8, 4) is 0 Å². The Labute approximate surface area is 78.2 Å². The number of rotatable bonds is 4. The molecule has 4 N–H and O–H groups in total. The zero-order chi connectivity index (χ0) is 10.9. The molecule has 1 amide bonds. The highest BCUT2D eigenvalue weighted by atomic mass is 31.1. The lowest BCUT2D eigenvalue weighted by atomic mass is 10.1. The predicted octanol–water partition coefficient (Wildman–Crippen LogP) is 0.846. The zero-order valence-electron chi connectivity index (χ0n) is 7.56. The Balaban J connectivity index is 0. The van der Waals surface area contributed by atoms with E-state index in [0.29, 0.717) is 5.57 Å². The van der Waals surface area contributed by atoms with Crippen LogP contribution in [0.25, 0.3) is 0 Å². The molecule has 13 heavy (non-hydrogen) atoms. The van der Waals surface area contributed by atoms with Crippen molar-refractivity contribution >= 4 is 14.2 Å². The van der Waals surface area contributed by atoms with Gasteiger partial charge in [0.2, 0.25) is 5.91 Å². The van der Waals surface area contributed by atoms with E-state index >= 15 is 0 Å². The lowest BCUT2D eigenvalue weighted by molar-refractivity contribution is -0.114. The van der Waals surface area contributed by atoms with Crippen LogP contribution in [0.1, 0.15) is 26.2 Å². The van der Waals surface area contributed by atoms with Gasteiger partial charge in [-0.1, -0.05) is 19.9 Å². The molecule has 76 valence electrons. The van der Waals surface area contributed by atoms with Crippen molar-refractivity contribution in [1.82, 2.24) is 0 Å². The van der Waals surface area contributed by atoms with E-state index in [1.54, 1.807) is 0 Å². The third-order valence-electron chi connectivity index (χ3n) is 1.18. The Morgan fingerprint density at radius 1 is 1.54 bits per heavy atom. The van der Waals surface area contributed by atoms with Gasteiger partial charge in [0.25, 0.3) is 0 Å². The molecule has 0 bridgehead atoms. The number of carbonyl (C=O) groups is 1. The largest absolute Gasteiger partial charge is 0.692 e. The Hall–Kier alpha value is -0.770. The van der Waals surface area contributed by atoms with Crippen LogP contribution >= 0.6 is 8.25 Å². The van der Waals surface area contributed by atoms with Crippen LogP contribution in [0.5, 0.6) is 0 Å². The molecular formula is C7H15NO4P+. The molecule has 0 heterocycles. The summed E-state index contributed by atoms with van der Waals surface area (Å²) in [5.41, 5.74) is 5.48. The van der Waals surface area contributed by atoms with Crippen molar-refractivity contribution in [3.05, 3.63) is 12.2 Å². The van der Waals surface area contributed by atoms with Gasteiger partial charge in [-0.05, 0) is 12.8 Å². The first-order valence-electron chi connectivity index (χ1n) is 3.74. The second-order valence-corrected chi connectivity index (χ2v) is 2.83. The minimum Gasteiger partial charge on any atom is -0.366 e. The van der Waals surface area contributed by atoms with Crippen LogP contribution in [0.2, 0.25) is 0 Å². The maximum absolute atomic E-state index is 10.3. The second kappa shape index (κ2) is 9.32. The third kappa shape index (κ3) is 18.3. The maximum atomic E-state index is 10.3. The fraction of sp³-hybridized carbons (Fsp3) is 0.571. The van der Waals surface area contributed by atoms with E-state index < -0.39 is 8.25 Å². The van der Waals surface area contributed by atoms with Crippen molar-refractivity contribution in [2.45, 2.75) is 26.2 Å². The van der Waals surface area contributed by atoms with Crippen LogP contribution in [0.4, 0.5) is 0 Å². The number of amides is 1. The van der Waals surface area contributed by atoms with Crippen LogP contribution in [-0.2, 0) is 9.36 Å². The van der Waals surface area contributed by atoms with Gasteiger partial charge in [0.1, 0.15) is 0 Å². The topological polar surface area (TPSA) is 101 Å². The van der Waals surface area contributed by atoms with Gasteiger partial charge in [-0.25, -0.2) is 0 Å². The lowest BCUT2D eigenvalue weighted by Crippen LogP contribution is -2.12. The number of primary amides is 1. The first kappa shape index (κ1) is 14.7. The summed E-state index contributed by atoms with van der Waals surface area (Å²) >= 11 is 0. The van der Waals surface area contributed by atoms with Gasteiger partial charge in [0, 0.05) is 10.1 Å². The van der Waals surface area contributed by atoms with E-state index in [2.05, 4.69) is 13.5 Å². The number of nitrogens with two attached hydrogens (primary N) is 1. The van der Waals surface area contributed by atoms with E-state index in [1.807, 2.05) is 0 Å². The van der Waals surface area contributed by atoms with Crippen molar-refractivity contribution in [3.63, 3.8) is 0 Å². The second-order valence-electron chi connectivity index (χ2n) is 2.32. The molecule has 0 radical (unpaired) electrons. The fourth-order valence-corrected chi connectivity index (χ4v) is 0.513. The minimum atomic E-state index is -2.87. The molecule has 0 aromatic heterocycles. The van der Waals surface area contributed by atoms with Gasteiger partial charge in [-0.3, -0.25) is 4.79 Å². The molecule has 6 heteroatoms. The average Bonchev–Trinajstić information content (AvgIpc) is 1.98. The van der Waals surface area contributed by atoms with Crippen molar-refractivity contribution < 1.29 is 19.1 Å². The number of unbranched alkanes of at least 4 members (excludes halogenated alkanes) is 1. The molecule has 0 saturated carbocycles. The first-order valence-corrected chi connectivity index (χ1v) is 4.90. The summed E-state index contributed by atoms with van der Waals surface area (Å²) in [5.74, 6) is -0.372. The molecule has 0 fully saturated rings. The first-order chi connectivity index (χ1) is 5.91. The Morgan fingerprint density at radius 2 is 1.92 bits per heavy atom. The zero-order valence-corrected chi connectivity index (χ0v) is 8.46. The van der Waals surface area contributed by atoms with Crippen LogP contribution in [0.15, 0.2) is 12.2 Å². The smallest absolute Gasteiger partial charge is 0.366 e. The lowest BCUT2D eigenvalue weighted by Gasteiger charge is -1.96. The monoisotopic (exact) mass is 208 g/mol. The van der Waals surface area contributed by atoms with E-state index in [-0.39, 0.29) is 5.91 Å². The maximum Gasteiger partial charge on any atom is 0.692 e. The fourth-order valence-electron chi connectivity index (χ4n) is 0.513. The highest BCUT2D eigenvalue weighted by Crippen LogP contribution is 2.02. The normalized spacial score (nSPS) is 8.23. The molecule has 0 aromatic carbocycles. The molecule has 0 aliphatic carbocycles. The molecule has 0 aliphatic heterocycles. The van der Waals surface area contributed by atoms with Crippen molar-refractivity contribution in [1.29, 1.82) is 0 Å². The summed E-state index contributed by atoms with van der Waals surface area (Å²) in [4.78, 5) is 24.6. The van der Waals surface area contributed by atoms with E-state index in [1.165, 1.54) is 0 Å². The van der Waals surface area contributed by atoms with Crippen molar-refractivity contribution in [2.75, 3.05) is 0 Å². The van der Waals surface area contributed by atoms with E-state index in [4.69, 9.17) is 20.1 Å². The molecule has 0 atom stereocenters. The highest BCUT2D eigenvalue weighted by Gasteiger charge is 1.98. The molecule has 0 aromatic rings. The predicted molar refractivity (Wildman–Crippen MR) is 49.9 cm³/mol. The van der Waals surface area contributed by atoms with Gasteiger partial charge in [0.15, 0.2) is 0 Å². The average molecular weight is 208 g/mol. The highest BCUT2D eigenvalue weighted by molar-refractivity contribution is 7.30. The molecule has 0 rings (SSSR count). The summed E-state index contributed by atoms with van der Waals surface area (Å²) in [6.07, 6.45) is 2.82. The summed E-state index contributed by atoms with van der Waals surface area (Å²) < 4.78 is 8.70. The Morgan fingerprint density at radius 3 is 2.15 bits per heavy atom. The van der Waals surface area contributed by atoms with Gasteiger partial charge < -0.3 is 5.73 Å².